The Morgan fingerprint density at radius 1 is 1.20 bits per heavy atom. The molecule has 0 fully saturated rings. The van der Waals surface area contributed by atoms with Crippen LogP contribution in [0.4, 0.5) is 0 Å². The summed E-state index contributed by atoms with van der Waals surface area (Å²) in [7, 11) is 0. The van der Waals surface area contributed by atoms with Gasteiger partial charge in [0.2, 0.25) is 0 Å². The van der Waals surface area contributed by atoms with Crippen LogP contribution < -0.4 is 0 Å². The Bertz CT molecular complexity index is 380. The first-order valence-electron chi connectivity index (χ1n) is 5.22. The van der Waals surface area contributed by atoms with Gasteiger partial charge in [0.1, 0.15) is 6.34 Å². The summed E-state index contributed by atoms with van der Waals surface area (Å²) in [6.45, 7) is 7.23. The summed E-state index contributed by atoms with van der Waals surface area (Å²) in [5.74, 6) is 0. The zero-order valence-electron chi connectivity index (χ0n) is 9.49. The quantitative estimate of drug-likeness (QED) is 0.661. The van der Waals surface area contributed by atoms with E-state index in [0.717, 1.165) is 36.5 Å². The van der Waals surface area contributed by atoms with Crippen LogP contribution in [0.5, 0.6) is 0 Å². The average Bonchev–Trinajstić information content (AvgIpc) is 2.73. The minimum atomic E-state index is 0.124. The van der Waals surface area contributed by atoms with Gasteiger partial charge in [0.05, 0.1) is 18.0 Å². The third-order valence-electron chi connectivity index (χ3n) is 2.55. The molecule has 0 saturated carbocycles. The lowest BCUT2D eigenvalue weighted by atomic mass is 9.87. The number of hydrogen-bond acceptors (Lipinski definition) is 4. The molecule has 0 spiro atoms. The fourth-order valence-corrected chi connectivity index (χ4v) is 1.55. The van der Waals surface area contributed by atoms with Crippen LogP contribution in [0.25, 0.3) is 0 Å². The molecule has 0 aromatic carbocycles. The van der Waals surface area contributed by atoms with Crippen molar-refractivity contribution in [1.29, 1.82) is 0 Å². The van der Waals surface area contributed by atoms with Crippen molar-refractivity contribution in [2.45, 2.75) is 33.6 Å². The molecule has 2 heterocycles. The van der Waals surface area contributed by atoms with Crippen LogP contribution in [0.2, 0.25) is 0 Å². The summed E-state index contributed by atoms with van der Waals surface area (Å²) in [6.07, 6.45) is 3.34. The van der Waals surface area contributed by atoms with E-state index < -0.39 is 0 Å². The van der Waals surface area contributed by atoms with E-state index in [1.165, 1.54) is 0 Å². The van der Waals surface area contributed by atoms with Gasteiger partial charge in [-0.1, -0.05) is 20.8 Å². The Kier molecular flexibility index (Phi) is 2.50. The molecule has 4 nitrogen and oxygen atoms in total. The molecule has 0 atom stereocenters. The molecule has 4 heteroatoms. The molecular weight excluding hydrogens is 188 g/mol. The topological polar surface area (TPSA) is 49.4 Å². The van der Waals surface area contributed by atoms with Gasteiger partial charge in [-0.25, -0.2) is 4.99 Å². The Morgan fingerprint density at radius 2 is 2.00 bits per heavy atom. The molecule has 0 amide bonds. The number of nitrogens with zero attached hydrogens (tertiary/aromatic N) is 4. The van der Waals surface area contributed by atoms with Crippen LogP contribution in [0, 0.1) is 5.41 Å². The molecule has 0 aromatic rings. The van der Waals surface area contributed by atoms with Crippen LogP contribution in [0.15, 0.2) is 20.2 Å². The smallest absolute Gasteiger partial charge is 0.110 e. The van der Waals surface area contributed by atoms with Crippen molar-refractivity contribution in [3.8, 4) is 0 Å². The van der Waals surface area contributed by atoms with Crippen LogP contribution >= 0.6 is 0 Å². The van der Waals surface area contributed by atoms with Crippen molar-refractivity contribution >= 4 is 23.5 Å². The Morgan fingerprint density at radius 3 is 2.53 bits per heavy atom. The van der Waals surface area contributed by atoms with E-state index in [1.54, 1.807) is 6.34 Å². The second-order valence-electron chi connectivity index (χ2n) is 4.97. The molecule has 0 radical (unpaired) electrons. The maximum Gasteiger partial charge on any atom is 0.110 e. The molecule has 0 saturated heterocycles. The highest BCUT2D eigenvalue weighted by Gasteiger charge is 2.25. The summed E-state index contributed by atoms with van der Waals surface area (Å²) in [5, 5.41) is 8.45. The average molecular weight is 204 g/mol. The molecule has 2 rings (SSSR count). The molecule has 2 aliphatic heterocycles. The van der Waals surface area contributed by atoms with E-state index in [2.05, 4.69) is 41.0 Å². The second-order valence-corrected chi connectivity index (χ2v) is 4.97. The van der Waals surface area contributed by atoms with E-state index in [1.807, 2.05) is 0 Å². The summed E-state index contributed by atoms with van der Waals surface area (Å²) >= 11 is 0. The molecule has 2 aliphatic rings. The van der Waals surface area contributed by atoms with Crippen molar-refractivity contribution in [3.63, 3.8) is 0 Å². The molecule has 0 bridgehead atoms. The Hall–Kier alpha value is -1.32. The summed E-state index contributed by atoms with van der Waals surface area (Å²) in [5.41, 5.74) is 3.50. The maximum atomic E-state index is 4.24. The van der Waals surface area contributed by atoms with Gasteiger partial charge in [0.15, 0.2) is 0 Å². The standard InChI is InChI=1S/C11H16N4/c1-11(2,3)10-5-8(14-15-10)4-9-6-12-7-13-9/h7H,4-6H2,1-3H3. The minimum absolute atomic E-state index is 0.124. The van der Waals surface area contributed by atoms with Crippen molar-refractivity contribution in [2.24, 2.45) is 25.6 Å². The summed E-state index contributed by atoms with van der Waals surface area (Å²) < 4.78 is 0. The van der Waals surface area contributed by atoms with Crippen molar-refractivity contribution in [3.05, 3.63) is 0 Å². The predicted molar refractivity (Wildman–Crippen MR) is 64.4 cm³/mol. The fourth-order valence-electron chi connectivity index (χ4n) is 1.55. The Labute approximate surface area is 89.9 Å². The van der Waals surface area contributed by atoms with Crippen LogP contribution in [-0.4, -0.2) is 30.0 Å². The molecule has 0 N–H and O–H groups in total. The van der Waals surface area contributed by atoms with E-state index in [-0.39, 0.29) is 5.41 Å². The first kappa shape index (κ1) is 10.2. The van der Waals surface area contributed by atoms with Gasteiger partial charge in [-0.15, -0.1) is 0 Å². The summed E-state index contributed by atoms with van der Waals surface area (Å²) in [4.78, 5) is 8.23. The van der Waals surface area contributed by atoms with E-state index in [9.17, 15) is 0 Å². The van der Waals surface area contributed by atoms with Gasteiger partial charge in [-0.05, 0) is 0 Å². The van der Waals surface area contributed by atoms with Gasteiger partial charge >= 0.3 is 0 Å². The Balaban J connectivity index is 1.90. The largest absolute Gasteiger partial charge is 0.267 e. The van der Waals surface area contributed by atoms with Gasteiger partial charge in [-0.2, -0.15) is 10.2 Å². The lowest BCUT2D eigenvalue weighted by Gasteiger charge is -2.17. The van der Waals surface area contributed by atoms with Gasteiger partial charge in [-0.3, -0.25) is 4.99 Å². The lowest BCUT2D eigenvalue weighted by Crippen LogP contribution is -2.21. The third-order valence-corrected chi connectivity index (χ3v) is 2.55. The van der Waals surface area contributed by atoms with Crippen molar-refractivity contribution in [2.75, 3.05) is 6.54 Å². The fraction of sp³-hybridized carbons (Fsp3) is 0.636. The minimum Gasteiger partial charge on any atom is -0.267 e. The first-order chi connectivity index (χ1) is 7.05. The molecule has 0 aromatic heterocycles. The lowest BCUT2D eigenvalue weighted by molar-refractivity contribution is 0.585. The predicted octanol–water partition coefficient (Wildman–Crippen LogP) is 2.11. The summed E-state index contributed by atoms with van der Waals surface area (Å²) in [6, 6.07) is 0. The molecule has 0 unspecified atom stereocenters. The zero-order chi connectivity index (χ0) is 10.9. The monoisotopic (exact) mass is 204 g/mol. The van der Waals surface area contributed by atoms with Crippen LogP contribution in [0.3, 0.4) is 0 Å². The highest BCUT2D eigenvalue weighted by atomic mass is 15.2. The molecule has 0 aliphatic carbocycles. The SMILES string of the molecule is CC(C)(C)C1=NN=C(CC2=NC=NC2)C1. The second kappa shape index (κ2) is 3.68. The third kappa shape index (κ3) is 2.37. The zero-order valence-corrected chi connectivity index (χ0v) is 9.49. The normalized spacial score (nSPS) is 20.3. The van der Waals surface area contributed by atoms with Crippen molar-refractivity contribution in [1.82, 2.24) is 0 Å². The van der Waals surface area contributed by atoms with Crippen molar-refractivity contribution < 1.29 is 0 Å². The van der Waals surface area contributed by atoms with Gasteiger partial charge in [0, 0.05) is 24.0 Å². The van der Waals surface area contributed by atoms with Gasteiger partial charge < -0.3 is 0 Å². The number of rotatable bonds is 2. The highest BCUT2D eigenvalue weighted by Crippen LogP contribution is 2.23. The molecule has 15 heavy (non-hydrogen) atoms. The van der Waals surface area contributed by atoms with Gasteiger partial charge in [0.25, 0.3) is 0 Å². The highest BCUT2D eigenvalue weighted by molar-refractivity contribution is 6.17. The first-order valence-corrected chi connectivity index (χ1v) is 5.22. The van der Waals surface area contributed by atoms with Crippen LogP contribution in [0.1, 0.15) is 33.6 Å². The van der Waals surface area contributed by atoms with Crippen LogP contribution in [-0.2, 0) is 0 Å². The molecular formula is C11H16N4. The maximum absolute atomic E-state index is 4.24. The van der Waals surface area contributed by atoms with E-state index in [0.29, 0.717) is 0 Å². The molecule has 80 valence electrons. The number of hydrogen-bond donors (Lipinski definition) is 0. The van der Waals surface area contributed by atoms with E-state index >= 15 is 0 Å². The van der Waals surface area contributed by atoms with E-state index in [4.69, 9.17) is 0 Å². The number of aliphatic imine (C=N–C) groups is 2.